The maximum atomic E-state index is 12.4. The van der Waals surface area contributed by atoms with E-state index in [1.807, 2.05) is 42.6 Å². The third-order valence-electron chi connectivity index (χ3n) is 3.92. The number of carbonyl (C=O) groups excluding carboxylic acids is 1. The summed E-state index contributed by atoms with van der Waals surface area (Å²) in [6, 6.07) is 5.71. The van der Waals surface area contributed by atoms with Crippen LogP contribution in [-0.2, 0) is 17.8 Å². The minimum Gasteiger partial charge on any atom is -0.497 e. The molecule has 1 aromatic carbocycles. The van der Waals surface area contributed by atoms with Crippen molar-refractivity contribution in [2.45, 2.75) is 13.0 Å². The largest absolute Gasteiger partial charge is 0.497 e. The Hall–Kier alpha value is -2.28. The van der Waals surface area contributed by atoms with Crippen LogP contribution < -0.4 is 19.7 Å². The number of methoxy groups -OCH3 is 1. The summed E-state index contributed by atoms with van der Waals surface area (Å²) in [5.41, 5.74) is 1.91. The quantitative estimate of drug-likeness (QED) is 0.897. The Bertz CT molecular complexity index is 730. The highest BCUT2D eigenvalue weighted by Gasteiger charge is 2.26. The Morgan fingerprint density at radius 2 is 2.33 bits per heavy atom. The zero-order valence-electron chi connectivity index (χ0n) is 14.0. The molecule has 1 aliphatic rings. The number of thiazole rings is 1. The molecule has 0 spiro atoms. The summed E-state index contributed by atoms with van der Waals surface area (Å²) in [6.45, 7) is 0.821. The molecule has 0 saturated heterocycles. The molecule has 2 heterocycles. The summed E-state index contributed by atoms with van der Waals surface area (Å²) in [6.07, 6.45) is 0.672. The summed E-state index contributed by atoms with van der Waals surface area (Å²) in [5, 5.41) is 5.86. The van der Waals surface area contributed by atoms with Crippen molar-refractivity contribution in [1.29, 1.82) is 0 Å². The van der Waals surface area contributed by atoms with Crippen LogP contribution in [0.1, 0.15) is 11.3 Å². The first-order chi connectivity index (χ1) is 11.6. The normalized spacial score (nSPS) is 16.0. The van der Waals surface area contributed by atoms with Gasteiger partial charge in [0.25, 0.3) is 0 Å². The fourth-order valence-corrected chi connectivity index (χ4v) is 3.31. The summed E-state index contributed by atoms with van der Waals surface area (Å²) in [4.78, 5) is 18.8. The van der Waals surface area contributed by atoms with Gasteiger partial charge in [-0.05, 0) is 18.1 Å². The first-order valence-electron chi connectivity index (χ1n) is 7.76. The van der Waals surface area contributed by atoms with E-state index >= 15 is 0 Å². The fourth-order valence-electron chi connectivity index (χ4n) is 2.55. The second-order valence-electron chi connectivity index (χ2n) is 5.92. The van der Waals surface area contributed by atoms with Gasteiger partial charge in [0.1, 0.15) is 18.1 Å². The van der Waals surface area contributed by atoms with E-state index in [1.54, 1.807) is 18.4 Å². The van der Waals surface area contributed by atoms with Crippen LogP contribution in [0, 0.1) is 5.92 Å². The molecule has 128 valence electrons. The van der Waals surface area contributed by atoms with Crippen LogP contribution in [0.5, 0.6) is 11.5 Å². The molecule has 24 heavy (non-hydrogen) atoms. The van der Waals surface area contributed by atoms with Crippen LogP contribution in [0.3, 0.4) is 0 Å². The first-order valence-corrected chi connectivity index (χ1v) is 8.64. The molecule has 1 amide bonds. The van der Waals surface area contributed by atoms with Crippen molar-refractivity contribution in [3.63, 3.8) is 0 Å². The predicted octanol–water partition coefficient (Wildman–Crippen LogP) is 2.09. The molecular weight excluding hydrogens is 326 g/mol. The number of aromatic nitrogens is 1. The van der Waals surface area contributed by atoms with Gasteiger partial charge in [-0.25, -0.2) is 4.98 Å². The third-order valence-corrected chi connectivity index (χ3v) is 4.97. The van der Waals surface area contributed by atoms with E-state index < -0.39 is 0 Å². The molecule has 0 aliphatic carbocycles. The van der Waals surface area contributed by atoms with Gasteiger partial charge in [-0.15, -0.1) is 11.3 Å². The van der Waals surface area contributed by atoms with Gasteiger partial charge in [-0.3, -0.25) is 4.79 Å². The van der Waals surface area contributed by atoms with Crippen LogP contribution in [0.25, 0.3) is 0 Å². The first kappa shape index (κ1) is 16.6. The van der Waals surface area contributed by atoms with Crippen molar-refractivity contribution in [3.05, 3.63) is 34.8 Å². The average molecular weight is 347 g/mol. The number of hydrogen-bond donors (Lipinski definition) is 1. The van der Waals surface area contributed by atoms with Crippen molar-refractivity contribution in [2.75, 3.05) is 32.7 Å². The van der Waals surface area contributed by atoms with Gasteiger partial charge in [-0.2, -0.15) is 0 Å². The average Bonchev–Trinajstić information content (AvgIpc) is 3.08. The van der Waals surface area contributed by atoms with Crippen molar-refractivity contribution in [3.8, 4) is 11.5 Å². The zero-order valence-corrected chi connectivity index (χ0v) is 14.9. The Morgan fingerprint density at radius 1 is 1.50 bits per heavy atom. The number of fused-ring (bicyclic) bond motifs is 1. The second-order valence-corrected chi connectivity index (χ2v) is 6.76. The van der Waals surface area contributed by atoms with Crippen LogP contribution in [0.4, 0.5) is 5.13 Å². The number of hydrogen-bond acceptors (Lipinski definition) is 6. The van der Waals surface area contributed by atoms with E-state index in [2.05, 4.69) is 10.3 Å². The van der Waals surface area contributed by atoms with E-state index in [9.17, 15) is 4.79 Å². The fraction of sp³-hybridized carbons (Fsp3) is 0.412. The van der Waals surface area contributed by atoms with Crippen LogP contribution in [-0.4, -0.2) is 38.7 Å². The Balaban J connectivity index is 1.57. The highest BCUT2D eigenvalue weighted by molar-refractivity contribution is 7.13. The minimum absolute atomic E-state index is 0.00382. The molecule has 1 aromatic heterocycles. The summed E-state index contributed by atoms with van der Waals surface area (Å²) in [7, 11) is 5.53. The maximum Gasteiger partial charge on any atom is 0.227 e. The molecule has 7 heteroatoms. The van der Waals surface area contributed by atoms with Crippen molar-refractivity contribution in [1.82, 2.24) is 10.3 Å². The number of anilines is 1. The maximum absolute atomic E-state index is 12.4. The van der Waals surface area contributed by atoms with Gasteiger partial charge in [0.05, 0.1) is 25.3 Å². The highest BCUT2D eigenvalue weighted by Crippen LogP contribution is 2.31. The Labute approximate surface area is 145 Å². The number of rotatable bonds is 5. The Morgan fingerprint density at radius 3 is 3.04 bits per heavy atom. The number of nitrogens with zero attached hydrogens (tertiary/aromatic N) is 2. The topological polar surface area (TPSA) is 63.7 Å². The highest BCUT2D eigenvalue weighted by atomic mass is 32.1. The molecule has 2 aromatic rings. The van der Waals surface area contributed by atoms with Crippen molar-refractivity contribution < 1.29 is 14.3 Å². The predicted molar refractivity (Wildman–Crippen MR) is 94.0 cm³/mol. The monoisotopic (exact) mass is 347 g/mol. The molecule has 1 aliphatic heterocycles. The van der Waals surface area contributed by atoms with Gasteiger partial charge >= 0.3 is 0 Å². The zero-order chi connectivity index (χ0) is 17.1. The molecule has 0 fully saturated rings. The van der Waals surface area contributed by atoms with Gasteiger partial charge in [0, 0.05) is 25.5 Å². The van der Waals surface area contributed by atoms with E-state index in [0.717, 1.165) is 27.9 Å². The minimum atomic E-state index is -0.183. The Kier molecular flexibility index (Phi) is 4.89. The molecule has 6 nitrogen and oxygen atoms in total. The number of ether oxygens (including phenoxy) is 2. The molecule has 1 N–H and O–H groups in total. The second kappa shape index (κ2) is 7.09. The summed E-state index contributed by atoms with van der Waals surface area (Å²) >= 11 is 1.57. The van der Waals surface area contributed by atoms with Gasteiger partial charge in [0.2, 0.25) is 5.91 Å². The lowest BCUT2D eigenvalue weighted by Crippen LogP contribution is -2.37. The number of benzene rings is 1. The molecule has 0 radical (unpaired) electrons. The number of nitrogens with one attached hydrogen (secondary N) is 1. The van der Waals surface area contributed by atoms with Gasteiger partial charge in [0.15, 0.2) is 5.13 Å². The number of amides is 1. The molecule has 1 atom stereocenters. The molecule has 3 rings (SSSR count). The lowest BCUT2D eigenvalue weighted by molar-refractivity contribution is -0.126. The van der Waals surface area contributed by atoms with Crippen molar-refractivity contribution >= 4 is 22.4 Å². The smallest absolute Gasteiger partial charge is 0.227 e. The SMILES string of the molecule is COc1ccc2c(c1)OC[C@H](C(=O)NCc1csc(N(C)C)n1)C2. The van der Waals surface area contributed by atoms with Crippen LogP contribution in [0.15, 0.2) is 23.6 Å². The molecule has 0 saturated carbocycles. The van der Waals surface area contributed by atoms with Crippen LogP contribution in [0.2, 0.25) is 0 Å². The molecule has 0 unspecified atom stereocenters. The van der Waals surface area contributed by atoms with Crippen LogP contribution >= 0.6 is 11.3 Å². The van der Waals surface area contributed by atoms with E-state index in [0.29, 0.717) is 19.6 Å². The van der Waals surface area contributed by atoms with E-state index in [4.69, 9.17) is 9.47 Å². The summed E-state index contributed by atoms with van der Waals surface area (Å²) in [5.74, 6) is 1.37. The molecule has 0 bridgehead atoms. The lowest BCUT2D eigenvalue weighted by Gasteiger charge is -2.24. The van der Waals surface area contributed by atoms with E-state index in [-0.39, 0.29) is 11.8 Å². The summed E-state index contributed by atoms with van der Waals surface area (Å²) < 4.78 is 10.9. The van der Waals surface area contributed by atoms with Gasteiger partial charge in [-0.1, -0.05) is 6.07 Å². The molecular formula is C17H21N3O3S. The van der Waals surface area contributed by atoms with Crippen molar-refractivity contribution in [2.24, 2.45) is 5.92 Å². The number of carbonyl (C=O) groups is 1. The van der Waals surface area contributed by atoms with Gasteiger partial charge < -0.3 is 19.7 Å². The lowest BCUT2D eigenvalue weighted by atomic mass is 9.96. The third kappa shape index (κ3) is 3.62. The standard InChI is InChI=1S/C17H21N3O3S/c1-20(2)17-19-13(10-24-17)8-18-16(21)12-6-11-4-5-14(22-3)7-15(11)23-9-12/h4-5,7,10,12H,6,8-9H2,1-3H3,(H,18,21)/t12-/m1/s1. The van der Waals surface area contributed by atoms with E-state index in [1.165, 1.54) is 0 Å².